The number of hydrogen-bond acceptors (Lipinski definition) is 6. The molecule has 2 heterocycles. The maximum absolute atomic E-state index is 13.3. The van der Waals surface area contributed by atoms with Crippen LogP contribution in [0.2, 0.25) is 0 Å². The van der Waals surface area contributed by atoms with Crippen molar-refractivity contribution in [2.75, 3.05) is 11.9 Å². The molecule has 1 N–H and O–H groups in total. The summed E-state index contributed by atoms with van der Waals surface area (Å²) in [5, 5.41) is 5.19. The van der Waals surface area contributed by atoms with E-state index in [4.69, 9.17) is 9.15 Å². The summed E-state index contributed by atoms with van der Waals surface area (Å²) in [4.78, 5) is 28.0. The first-order valence-electron chi connectivity index (χ1n) is 7.58. The van der Waals surface area contributed by atoms with Crippen molar-refractivity contribution >= 4 is 39.3 Å². The fourth-order valence-corrected chi connectivity index (χ4v) is 3.07. The summed E-state index contributed by atoms with van der Waals surface area (Å²) in [6.45, 7) is 3.72. The van der Waals surface area contributed by atoms with Crippen LogP contribution in [0.25, 0.3) is 11.0 Å². The van der Waals surface area contributed by atoms with Crippen LogP contribution in [-0.2, 0) is 16.0 Å². The largest absolute Gasteiger partial charge is 0.466 e. The SMILES string of the molecule is CCOC(=O)Cc1csc(NC(=O)c2oc3ccc(F)cc3c2C)n1. The van der Waals surface area contributed by atoms with E-state index in [2.05, 4.69) is 10.3 Å². The summed E-state index contributed by atoms with van der Waals surface area (Å²) < 4.78 is 23.7. The lowest BCUT2D eigenvalue weighted by Crippen LogP contribution is -2.12. The molecule has 2 aromatic heterocycles. The molecule has 3 rings (SSSR count). The molecular weight excluding hydrogens is 347 g/mol. The van der Waals surface area contributed by atoms with Gasteiger partial charge in [0.2, 0.25) is 0 Å². The number of amides is 1. The number of esters is 1. The summed E-state index contributed by atoms with van der Waals surface area (Å²) in [6, 6.07) is 4.08. The molecule has 8 heteroatoms. The van der Waals surface area contributed by atoms with Crippen molar-refractivity contribution in [2.45, 2.75) is 20.3 Å². The van der Waals surface area contributed by atoms with Gasteiger partial charge in [-0.05, 0) is 32.0 Å². The third-order valence-corrected chi connectivity index (χ3v) is 4.31. The van der Waals surface area contributed by atoms with E-state index in [1.807, 2.05) is 0 Å². The Balaban J connectivity index is 1.76. The lowest BCUT2D eigenvalue weighted by molar-refractivity contribution is -0.142. The zero-order valence-corrected chi connectivity index (χ0v) is 14.4. The van der Waals surface area contributed by atoms with Gasteiger partial charge in [0.1, 0.15) is 11.4 Å². The number of fused-ring (bicyclic) bond motifs is 1. The average Bonchev–Trinajstić information content (AvgIpc) is 3.12. The Morgan fingerprint density at radius 1 is 1.40 bits per heavy atom. The molecule has 1 amide bonds. The van der Waals surface area contributed by atoms with E-state index in [0.717, 1.165) is 0 Å². The molecule has 0 atom stereocenters. The zero-order valence-electron chi connectivity index (χ0n) is 13.6. The van der Waals surface area contributed by atoms with Gasteiger partial charge in [0.25, 0.3) is 5.91 Å². The van der Waals surface area contributed by atoms with Crippen LogP contribution in [0.1, 0.15) is 28.7 Å². The molecule has 0 aliphatic carbocycles. The van der Waals surface area contributed by atoms with Crippen LogP contribution in [0, 0.1) is 12.7 Å². The van der Waals surface area contributed by atoms with E-state index in [-0.39, 0.29) is 18.2 Å². The molecule has 0 radical (unpaired) electrons. The van der Waals surface area contributed by atoms with Gasteiger partial charge in [-0.2, -0.15) is 0 Å². The van der Waals surface area contributed by atoms with Gasteiger partial charge in [-0.25, -0.2) is 9.37 Å². The number of halogens is 1. The summed E-state index contributed by atoms with van der Waals surface area (Å²) in [5.74, 6) is -1.15. The molecular formula is C17H15FN2O4S. The van der Waals surface area contributed by atoms with Gasteiger partial charge in [0, 0.05) is 16.3 Å². The Labute approximate surface area is 146 Å². The first-order chi connectivity index (χ1) is 12.0. The highest BCUT2D eigenvalue weighted by atomic mass is 32.1. The number of anilines is 1. The standard InChI is InChI=1S/C17H15FN2O4S/c1-3-23-14(21)7-11-8-25-17(19-11)20-16(22)15-9(2)12-6-10(18)4-5-13(12)24-15/h4-6,8H,3,7H2,1-2H3,(H,19,20,22). The van der Waals surface area contributed by atoms with Gasteiger partial charge in [-0.1, -0.05) is 0 Å². The Hall–Kier alpha value is -2.74. The van der Waals surface area contributed by atoms with Gasteiger partial charge < -0.3 is 9.15 Å². The molecule has 0 unspecified atom stereocenters. The number of carbonyl (C=O) groups is 2. The van der Waals surface area contributed by atoms with Crippen LogP contribution >= 0.6 is 11.3 Å². The van der Waals surface area contributed by atoms with E-state index in [0.29, 0.717) is 34.0 Å². The van der Waals surface area contributed by atoms with Crippen molar-refractivity contribution in [1.29, 1.82) is 0 Å². The molecule has 0 saturated heterocycles. The smallest absolute Gasteiger partial charge is 0.311 e. The normalized spacial score (nSPS) is 10.8. The first kappa shape index (κ1) is 17.1. The molecule has 1 aromatic carbocycles. The lowest BCUT2D eigenvalue weighted by atomic mass is 10.1. The average molecular weight is 362 g/mol. The number of nitrogens with zero attached hydrogens (tertiary/aromatic N) is 1. The second-order valence-electron chi connectivity index (χ2n) is 5.28. The Bertz CT molecular complexity index is 947. The third kappa shape index (κ3) is 3.69. The van der Waals surface area contributed by atoms with Crippen LogP contribution in [0.4, 0.5) is 9.52 Å². The van der Waals surface area contributed by atoms with Crippen molar-refractivity contribution in [3.8, 4) is 0 Å². The van der Waals surface area contributed by atoms with Gasteiger partial charge >= 0.3 is 5.97 Å². The highest BCUT2D eigenvalue weighted by Gasteiger charge is 2.19. The fourth-order valence-electron chi connectivity index (χ4n) is 2.37. The van der Waals surface area contributed by atoms with Crippen molar-refractivity contribution in [1.82, 2.24) is 4.98 Å². The topological polar surface area (TPSA) is 81.4 Å². The number of thiazole rings is 1. The zero-order chi connectivity index (χ0) is 18.0. The molecule has 3 aromatic rings. The maximum atomic E-state index is 13.3. The molecule has 0 spiro atoms. The van der Waals surface area contributed by atoms with Crippen LogP contribution in [-0.4, -0.2) is 23.5 Å². The highest BCUT2D eigenvalue weighted by molar-refractivity contribution is 7.14. The summed E-state index contributed by atoms with van der Waals surface area (Å²) in [6.07, 6.45) is 0.0448. The van der Waals surface area contributed by atoms with E-state index in [1.165, 1.54) is 29.5 Å². The molecule has 130 valence electrons. The minimum atomic E-state index is -0.480. The predicted molar refractivity (Wildman–Crippen MR) is 91.3 cm³/mol. The fraction of sp³-hybridized carbons (Fsp3) is 0.235. The second kappa shape index (κ2) is 7.02. The Morgan fingerprint density at radius 2 is 2.20 bits per heavy atom. The van der Waals surface area contributed by atoms with Gasteiger partial charge in [-0.3, -0.25) is 14.9 Å². The predicted octanol–water partition coefficient (Wildman–Crippen LogP) is 3.69. The minimum absolute atomic E-state index is 0.0448. The molecule has 0 saturated carbocycles. The van der Waals surface area contributed by atoms with Gasteiger partial charge in [-0.15, -0.1) is 11.3 Å². The molecule has 0 aliphatic heterocycles. The summed E-state index contributed by atoms with van der Waals surface area (Å²) in [7, 11) is 0. The molecule has 6 nitrogen and oxygen atoms in total. The quantitative estimate of drug-likeness (QED) is 0.700. The van der Waals surface area contributed by atoms with E-state index >= 15 is 0 Å². The van der Waals surface area contributed by atoms with Crippen LogP contribution in [0.3, 0.4) is 0 Å². The van der Waals surface area contributed by atoms with Crippen LogP contribution in [0.5, 0.6) is 0 Å². The number of carbonyl (C=O) groups excluding carboxylic acids is 2. The molecule has 0 aliphatic rings. The second-order valence-corrected chi connectivity index (χ2v) is 6.13. The number of ether oxygens (including phenoxy) is 1. The number of aryl methyl sites for hydroxylation is 1. The summed E-state index contributed by atoms with van der Waals surface area (Å²) in [5.41, 5.74) is 1.50. The molecule has 25 heavy (non-hydrogen) atoms. The number of aromatic nitrogens is 1. The molecule has 0 bridgehead atoms. The Kier molecular flexibility index (Phi) is 4.80. The van der Waals surface area contributed by atoms with Crippen molar-refractivity contribution < 1.29 is 23.1 Å². The number of benzene rings is 1. The van der Waals surface area contributed by atoms with E-state index in [1.54, 1.807) is 19.2 Å². The van der Waals surface area contributed by atoms with E-state index in [9.17, 15) is 14.0 Å². The first-order valence-corrected chi connectivity index (χ1v) is 8.46. The maximum Gasteiger partial charge on any atom is 0.311 e. The van der Waals surface area contributed by atoms with Gasteiger partial charge in [0.05, 0.1) is 18.7 Å². The van der Waals surface area contributed by atoms with Crippen LogP contribution < -0.4 is 5.32 Å². The highest BCUT2D eigenvalue weighted by Crippen LogP contribution is 2.27. The lowest BCUT2D eigenvalue weighted by Gasteiger charge is -2.00. The number of hydrogen-bond donors (Lipinski definition) is 1. The van der Waals surface area contributed by atoms with Crippen molar-refractivity contribution in [2.24, 2.45) is 0 Å². The van der Waals surface area contributed by atoms with Crippen molar-refractivity contribution in [3.63, 3.8) is 0 Å². The monoisotopic (exact) mass is 362 g/mol. The van der Waals surface area contributed by atoms with Crippen molar-refractivity contribution in [3.05, 3.63) is 46.4 Å². The number of nitrogens with one attached hydrogen (secondary N) is 1. The van der Waals surface area contributed by atoms with Crippen LogP contribution in [0.15, 0.2) is 28.0 Å². The number of furan rings is 1. The summed E-state index contributed by atoms with van der Waals surface area (Å²) >= 11 is 1.20. The molecule has 0 fully saturated rings. The third-order valence-electron chi connectivity index (χ3n) is 3.51. The van der Waals surface area contributed by atoms with E-state index < -0.39 is 11.7 Å². The Morgan fingerprint density at radius 3 is 2.96 bits per heavy atom. The van der Waals surface area contributed by atoms with Gasteiger partial charge in [0.15, 0.2) is 10.9 Å². The minimum Gasteiger partial charge on any atom is -0.466 e. The number of rotatable bonds is 5.